The highest BCUT2D eigenvalue weighted by atomic mass is 35.5. The van der Waals surface area contributed by atoms with Crippen LogP contribution in [0.3, 0.4) is 0 Å². The molecule has 0 bridgehead atoms. The minimum absolute atomic E-state index is 0.0501. The first-order chi connectivity index (χ1) is 14.2. The van der Waals surface area contributed by atoms with Gasteiger partial charge in [-0.2, -0.15) is 0 Å². The van der Waals surface area contributed by atoms with Crippen LogP contribution in [0.25, 0.3) is 0 Å². The summed E-state index contributed by atoms with van der Waals surface area (Å²) in [5, 5.41) is 17.0. The quantitative estimate of drug-likeness (QED) is 0.515. The molecule has 8 nitrogen and oxygen atoms in total. The van der Waals surface area contributed by atoms with Crippen molar-refractivity contribution in [1.82, 2.24) is 19.7 Å². The zero-order chi connectivity index (χ0) is 21.8. The minimum atomic E-state index is -0.409. The van der Waals surface area contributed by atoms with E-state index in [1.54, 1.807) is 30.7 Å². The van der Waals surface area contributed by atoms with Gasteiger partial charge in [0, 0.05) is 23.1 Å². The number of anilines is 2. The fourth-order valence-corrected chi connectivity index (χ4v) is 4.16. The lowest BCUT2D eigenvalue weighted by molar-refractivity contribution is -0.116. The summed E-state index contributed by atoms with van der Waals surface area (Å²) in [6.07, 6.45) is 0.0501. The van der Waals surface area contributed by atoms with E-state index in [1.807, 2.05) is 25.3 Å². The lowest BCUT2D eigenvalue weighted by Gasteiger charge is -2.10. The molecule has 0 aliphatic carbocycles. The SMILES string of the molecule is Cc1csc(NC(=O)[C@@H](C)Sc2nnc(CC(=O)Nc3ccc(C)c(Cl)c3)n2C)n1. The summed E-state index contributed by atoms with van der Waals surface area (Å²) in [6.45, 7) is 5.55. The first-order valence-corrected chi connectivity index (χ1v) is 11.2. The number of halogens is 1. The lowest BCUT2D eigenvalue weighted by atomic mass is 10.2. The van der Waals surface area contributed by atoms with E-state index in [4.69, 9.17) is 11.6 Å². The molecule has 11 heteroatoms. The third-order valence-electron chi connectivity index (χ3n) is 4.20. The average Bonchev–Trinajstić information content (AvgIpc) is 3.24. The zero-order valence-corrected chi connectivity index (χ0v) is 19.3. The molecule has 2 amide bonds. The third-order valence-corrected chi connectivity index (χ3v) is 6.62. The molecule has 0 saturated carbocycles. The first kappa shape index (κ1) is 22.3. The Balaban J connectivity index is 1.58. The molecule has 0 aliphatic rings. The molecule has 1 aromatic carbocycles. The maximum Gasteiger partial charge on any atom is 0.239 e. The fourth-order valence-electron chi connectivity index (χ4n) is 2.45. The average molecular weight is 465 g/mol. The van der Waals surface area contributed by atoms with Gasteiger partial charge in [-0.15, -0.1) is 21.5 Å². The number of nitrogens with zero attached hydrogens (tertiary/aromatic N) is 4. The van der Waals surface area contributed by atoms with Gasteiger partial charge >= 0.3 is 0 Å². The number of nitrogens with one attached hydrogen (secondary N) is 2. The van der Waals surface area contributed by atoms with E-state index in [-0.39, 0.29) is 18.2 Å². The summed E-state index contributed by atoms with van der Waals surface area (Å²) >= 11 is 8.74. The molecule has 0 aliphatic heterocycles. The highest BCUT2D eigenvalue weighted by Crippen LogP contribution is 2.24. The highest BCUT2D eigenvalue weighted by Gasteiger charge is 2.20. The van der Waals surface area contributed by atoms with Crippen molar-refractivity contribution in [2.24, 2.45) is 7.05 Å². The van der Waals surface area contributed by atoms with Gasteiger partial charge in [0.2, 0.25) is 11.8 Å². The van der Waals surface area contributed by atoms with Crippen LogP contribution in [0.5, 0.6) is 0 Å². The van der Waals surface area contributed by atoms with E-state index in [0.717, 1.165) is 11.3 Å². The number of thiazole rings is 1. The van der Waals surface area contributed by atoms with Crippen molar-refractivity contribution in [3.05, 3.63) is 45.7 Å². The van der Waals surface area contributed by atoms with Gasteiger partial charge in [0.1, 0.15) is 5.82 Å². The minimum Gasteiger partial charge on any atom is -0.326 e. The largest absolute Gasteiger partial charge is 0.326 e. The molecule has 0 saturated heterocycles. The summed E-state index contributed by atoms with van der Waals surface area (Å²) in [7, 11) is 1.77. The molecule has 3 aromatic rings. The van der Waals surface area contributed by atoms with Gasteiger partial charge in [-0.3, -0.25) is 9.59 Å². The molecule has 1 atom stereocenters. The predicted molar refractivity (Wildman–Crippen MR) is 120 cm³/mol. The topological polar surface area (TPSA) is 102 Å². The maximum atomic E-state index is 12.4. The van der Waals surface area contributed by atoms with Crippen molar-refractivity contribution in [3.63, 3.8) is 0 Å². The Labute approximate surface area is 187 Å². The van der Waals surface area contributed by atoms with Crippen molar-refractivity contribution in [3.8, 4) is 0 Å². The molecule has 0 unspecified atom stereocenters. The number of carbonyl (C=O) groups is 2. The van der Waals surface area contributed by atoms with E-state index >= 15 is 0 Å². The second-order valence-electron chi connectivity index (χ2n) is 6.69. The van der Waals surface area contributed by atoms with E-state index in [9.17, 15) is 9.59 Å². The fraction of sp³-hybridized carbons (Fsp3) is 0.316. The monoisotopic (exact) mass is 464 g/mol. The Morgan fingerprint density at radius 2 is 2.03 bits per heavy atom. The molecule has 0 spiro atoms. The molecule has 2 aromatic heterocycles. The van der Waals surface area contributed by atoms with Crippen molar-refractivity contribution in [2.45, 2.75) is 37.6 Å². The number of amides is 2. The third kappa shape index (κ3) is 5.59. The number of benzene rings is 1. The van der Waals surface area contributed by atoms with Crippen LogP contribution in [0.15, 0.2) is 28.7 Å². The van der Waals surface area contributed by atoms with E-state index < -0.39 is 5.25 Å². The summed E-state index contributed by atoms with van der Waals surface area (Å²) in [5.74, 6) is 0.0937. The van der Waals surface area contributed by atoms with E-state index in [0.29, 0.717) is 26.8 Å². The van der Waals surface area contributed by atoms with Crippen LogP contribution < -0.4 is 10.6 Å². The normalized spacial score (nSPS) is 11.9. The van der Waals surface area contributed by atoms with Crippen LogP contribution in [0.2, 0.25) is 5.02 Å². The van der Waals surface area contributed by atoms with Gasteiger partial charge in [-0.25, -0.2) is 4.98 Å². The standard InChI is InChI=1S/C19H21ClN6O2S2/c1-10-5-6-13(7-14(10)20)22-16(27)8-15-24-25-19(26(15)4)30-12(3)17(28)23-18-21-11(2)9-29-18/h5-7,9,12H,8H2,1-4H3,(H,22,27)(H,21,23,28)/t12-/m1/s1. The van der Waals surface area contributed by atoms with Gasteiger partial charge in [0.15, 0.2) is 10.3 Å². The van der Waals surface area contributed by atoms with Crippen LogP contribution in [0.4, 0.5) is 10.8 Å². The Kier molecular flexibility index (Phi) is 7.11. The van der Waals surface area contributed by atoms with Gasteiger partial charge in [0.05, 0.1) is 17.4 Å². The van der Waals surface area contributed by atoms with Crippen molar-refractivity contribution >= 4 is 57.3 Å². The maximum absolute atomic E-state index is 12.4. The molecule has 0 fully saturated rings. The number of thioether (sulfide) groups is 1. The number of hydrogen-bond acceptors (Lipinski definition) is 7. The van der Waals surface area contributed by atoms with Crippen LogP contribution in [0, 0.1) is 13.8 Å². The van der Waals surface area contributed by atoms with Crippen molar-refractivity contribution in [1.29, 1.82) is 0 Å². The number of aromatic nitrogens is 4. The Morgan fingerprint density at radius 1 is 1.27 bits per heavy atom. The van der Waals surface area contributed by atoms with Crippen molar-refractivity contribution in [2.75, 3.05) is 10.6 Å². The van der Waals surface area contributed by atoms with Gasteiger partial charge in [0.25, 0.3) is 0 Å². The summed E-state index contributed by atoms with van der Waals surface area (Å²) < 4.78 is 1.71. The van der Waals surface area contributed by atoms with Gasteiger partial charge < -0.3 is 15.2 Å². The molecule has 2 heterocycles. The molecular formula is C19H21ClN6O2S2. The molecule has 2 N–H and O–H groups in total. The highest BCUT2D eigenvalue weighted by molar-refractivity contribution is 8.00. The van der Waals surface area contributed by atoms with Crippen LogP contribution in [0.1, 0.15) is 24.0 Å². The van der Waals surface area contributed by atoms with E-state index in [2.05, 4.69) is 25.8 Å². The number of aryl methyl sites for hydroxylation is 2. The smallest absolute Gasteiger partial charge is 0.239 e. The molecular weight excluding hydrogens is 444 g/mol. The second kappa shape index (κ2) is 9.59. The van der Waals surface area contributed by atoms with Crippen molar-refractivity contribution < 1.29 is 9.59 Å². The molecule has 0 radical (unpaired) electrons. The van der Waals surface area contributed by atoms with Crippen LogP contribution in [-0.2, 0) is 23.1 Å². The summed E-state index contributed by atoms with van der Waals surface area (Å²) in [5.41, 5.74) is 2.42. The first-order valence-electron chi connectivity index (χ1n) is 9.07. The number of hydrogen-bond donors (Lipinski definition) is 2. The zero-order valence-electron chi connectivity index (χ0n) is 16.9. The lowest BCUT2D eigenvalue weighted by Crippen LogP contribution is -2.23. The van der Waals surface area contributed by atoms with Gasteiger partial charge in [-0.05, 0) is 38.5 Å². The molecule has 30 heavy (non-hydrogen) atoms. The number of rotatable bonds is 7. The molecule has 3 rings (SSSR count). The van der Waals surface area contributed by atoms with Crippen LogP contribution in [-0.4, -0.2) is 36.8 Å². The van der Waals surface area contributed by atoms with E-state index in [1.165, 1.54) is 23.1 Å². The Morgan fingerprint density at radius 3 is 2.70 bits per heavy atom. The Bertz CT molecular complexity index is 1080. The summed E-state index contributed by atoms with van der Waals surface area (Å²) in [4.78, 5) is 29.0. The van der Waals surface area contributed by atoms with Gasteiger partial charge in [-0.1, -0.05) is 29.4 Å². The van der Waals surface area contributed by atoms with Crippen LogP contribution >= 0.6 is 34.7 Å². The summed E-state index contributed by atoms with van der Waals surface area (Å²) in [6, 6.07) is 5.34. The molecule has 158 valence electrons. The number of carbonyl (C=O) groups excluding carboxylic acids is 2. The second-order valence-corrected chi connectivity index (χ2v) is 9.26. The Hall–Kier alpha value is -2.43. The predicted octanol–water partition coefficient (Wildman–Crippen LogP) is 3.84.